The smallest absolute Gasteiger partial charge is 0.321 e. The Hall–Kier alpha value is -3.61. The van der Waals surface area contributed by atoms with Crippen molar-refractivity contribution in [1.29, 1.82) is 0 Å². The number of rotatable bonds is 5. The van der Waals surface area contributed by atoms with Gasteiger partial charge in [0.05, 0.1) is 21.9 Å². The third-order valence-corrected chi connectivity index (χ3v) is 7.98. The van der Waals surface area contributed by atoms with Gasteiger partial charge in [0.25, 0.3) is 5.56 Å². The van der Waals surface area contributed by atoms with Gasteiger partial charge in [-0.05, 0) is 43.2 Å². The van der Waals surface area contributed by atoms with E-state index in [1.54, 1.807) is 0 Å². The molecule has 0 atom stereocenters. The van der Waals surface area contributed by atoms with Crippen LogP contribution in [-0.2, 0) is 23.1 Å². The van der Waals surface area contributed by atoms with Crippen molar-refractivity contribution >= 4 is 20.9 Å². The van der Waals surface area contributed by atoms with Gasteiger partial charge in [-0.2, -0.15) is 13.2 Å². The highest BCUT2D eigenvalue weighted by molar-refractivity contribution is 7.91. The van der Waals surface area contributed by atoms with Gasteiger partial charge in [-0.15, -0.1) is 0 Å². The van der Waals surface area contributed by atoms with Crippen molar-refractivity contribution in [3.8, 4) is 22.8 Å². The number of sulfone groups is 1. The summed E-state index contributed by atoms with van der Waals surface area (Å²) >= 11 is 0. The second-order valence-electron chi connectivity index (χ2n) is 8.77. The monoisotopic (exact) mass is 538 g/mol. The highest BCUT2D eigenvalue weighted by atomic mass is 32.2. The van der Waals surface area contributed by atoms with Crippen molar-refractivity contribution in [2.24, 2.45) is 7.05 Å². The summed E-state index contributed by atoms with van der Waals surface area (Å²) < 4.78 is 96.7. The Morgan fingerprint density at radius 1 is 1.03 bits per heavy atom. The van der Waals surface area contributed by atoms with E-state index in [2.05, 4.69) is 9.97 Å². The van der Waals surface area contributed by atoms with E-state index in [0.29, 0.717) is 23.5 Å². The molecule has 1 saturated carbocycles. The number of imidazole rings is 1. The molecule has 1 aromatic carbocycles. The number of fused-ring (bicyclic) bond motifs is 1. The van der Waals surface area contributed by atoms with E-state index >= 15 is 0 Å². The Labute approximate surface area is 207 Å². The van der Waals surface area contributed by atoms with E-state index in [4.69, 9.17) is 0 Å². The van der Waals surface area contributed by atoms with Crippen LogP contribution < -0.4 is 5.56 Å². The predicted molar refractivity (Wildman–Crippen MR) is 125 cm³/mol. The quantitative estimate of drug-likeness (QED) is 0.338. The molecule has 1 aliphatic rings. The fourth-order valence-corrected chi connectivity index (χ4v) is 5.31. The number of pyridine rings is 2. The van der Waals surface area contributed by atoms with Crippen LogP contribution in [0.2, 0.25) is 0 Å². The van der Waals surface area contributed by atoms with E-state index in [1.165, 1.54) is 30.7 Å². The Morgan fingerprint density at radius 2 is 1.68 bits per heavy atom. The third-order valence-electron chi connectivity index (χ3n) is 6.22. The van der Waals surface area contributed by atoms with E-state index in [1.807, 2.05) is 0 Å². The molecule has 0 saturated heterocycles. The van der Waals surface area contributed by atoms with E-state index in [-0.39, 0.29) is 44.5 Å². The van der Waals surface area contributed by atoms with Crippen LogP contribution in [0.5, 0.6) is 0 Å². The first kappa shape index (κ1) is 25.1. The summed E-state index contributed by atoms with van der Waals surface area (Å²) in [5.41, 5.74) is -2.73. The maximum Gasteiger partial charge on any atom is 0.431 e. The lowest BCUT2D eigenvalue weighted by Gasteiger charge is -2.15. The number of alkyl halides is 3. The molecule has 0 spiro atoms. The fraction of sp³-hybridized carbons (Fsp3) is 0.292. The molecule has 0 bridgehead atoms. The maximum atomic E-state index is 13.8. The lowest BCUT2D eigenvalue weighted by molar-refractivity contribution is -0.144. The van der Waals surface area contributed by atoms with Gasteiger partial charge < -0.3 is 4.57 Å². The molecule has 0 N–H and O–H groups in total. The number of hydrogen-bond donors (Lipinski definition) is 0. The molecule has 0 unspecified atom stereocenters. The molecule has 4 aromatic rings. The number of nitrogens with zero attached hydrogens (tertiary/aromatic N) is 4. The van der Waals surface area contributed by atoms with E-state index in [0.717, 1.165) is 18.2 Å². The molecule has 0 aliphatic heterocycles. The molecule has 0 amide bonds. The van der Waals surface area contributed by atoms with Gasteiger partial charge in [0, 0.05) is 24.7 Å². The highest BCUT2D eigenvalue weighted by Crippen LogP contribution is 2.40. The molecule has 1 aliphatic carbocycles. The summed E-state index contributed by atoms with van der Waals surface area (Å²) in [7, 11) is -2.56. The van der Waals surface area contributed by atoms with Gasteiger partial charge in [0.1, 0.15) is 28.5 Å². The van der Waals surface area contributed by atoms with Crippen LogP contribution in [0.4, 0.5) is 22.0 Å². The third kappa shape index (κ3) is 4.30. The average Bonchev–Trinajstić information content (AvgIpc) is 3.59. The molecule has 3 heterocycles. The van der Waals surface area contributed by atoms with Crippen LogP contribution in [0, 0.1) is 11.6 Å². The summed E-state index contributed by atoms with van der Waals surface area (Å²) in [5, 5.41) is 0. The number of halogens is 5. The van der Waals surface area contributed by atoms with Crippen LogP contribution in [-0.4, -0.2) is 33.3 Å². The Kier molecular flexibility index (Phi) is 5.73. The molecule has 5 rings (SSSR count). The number of hydrogen-bond acceptors (Lipinski definition) is 5. The first-order valence-corrected chi connectivity index (χ1v) is 12.9. The molecular formula is C24H19F5N4O3S. The standard InChI is InChI=1S/C24H19F5N4O3S/c1-3-37(35,36)18-7-6-16(12-8-13(25)10-14(26)9-12)30-20(18)22-31-17-11-19(24(27,28)29)33(15-4-5-15)23(34)21(17)32(22)2/h6-11,15H,3-5H2,1-2H3. The second-order valence-corrected chi connectivity index (χ2v) is 11.0. The van der Waals surface area contributed by atoms with Gasteiger partial charge in [-0.25, -0.2) is 27.2 Å². The van der Waals surface area contributed by atoms with Crippen molar-refractivity contribution in [1.82, 2.24) is 19.1 Å². The zero-order valence-corrected chi connectivity index (χ0v) is 20.3. The minimum Gasteiger partial charge on any atom is -0.321 e. The molecule has 0 radical (unpaired) electrons. The first-order chi connectivity index (χ1) is 17.3. The Bertz CT molecular complexity index is 1720. The van der Waals surface area contributed by atoms with Crippen LogP contribution in [0.3, 0.4) is 0 Å². The van der Waals surface area contributed by atoms with Crippen molar-refractivity contribution in [2.75, 3.05) is 5.75 Å². The van der Waals surface area contributed by atoms with Crippen LogP contribution in [0.1, 0.15) is 31.5 Å². The van der Waals surface area contributed by atoms with E-state index < -0.39 is 44.9 Å². The van der Waals surface area contributed by atoms with Crippen molar-refractivity contribution in [3.05, 3.63) is 64.1 Å². The summed E-state index contributed by atoms with van der Waals surface area (Å²) in [6.07, 6.45) is -3.97. The molecular weight excluding hydrogens is 519 g/mol. The molecule has 37 heavy (non-hydrogen) atoms. The minimum atomic E-state index is -4.82. The topological polar surface area (TPSA) is 86.8 Å². The molecule has 1 fully saturated rings. The normalized spacial score (nSPS) is 14.5. The fourth-order valence-electron chi connectivity index (χ4n) is 4.30. The van der Waals surface area contributed by atoms with Crippen LogP contribution >= 0.6 is 0 Å². The zero-order valence-electron chi connectivity index (χ0n) is 19.5. The Morgan fingerprint density at radius 3 is 2.24 bits per heavy atom. The molecule has 7 nitrogen and oxygen atoms in total. The number of benzene rings is 1. The maximum absolute atomic E-state index is 13.8. The van der Waals surface area contributed by atoms with Gasteiger partial charge in [-0.1, -0.05) is 6.92 Å². The SMILES string of the molecule is CCS(=O)(=O)c1ccc(-c2cc(F)cc(F)c2)nc1-c1nc2cc(C(F)(F)F)n(C3CC3)c(=O)c2n1C. The highest BCUT2D eigenvalue weighted by Gasteiger charge is 2.40. The lowest BCUT2D eigenvalue weighted by Crippen LogP contribution is -2.28. The van der Waals surface area contributed by atoms with Crippen molar-refractivity contribution < 1.29 is 30.4 Å². The molecule has 3 aromatic heterocycles. The minimum absolute atomic E-state index is 0.00174. The predicted octanol–water partition coefficient (Wildman–Crippen LogP) is 4.89. The van der Waals surface area contributed by atoms with Crippen LogP contribution in [0.15, 0.2) is 46.1 Å². The van der Waals surface area contributed by atoms with Crippen molar-refractivity contribution in [3.63, 3.8) is 0 Å². The number of aromatic nitrogens is 4. The van der Waals surface area contributed by atoms with Gasteiger partial charge in [-0.3, -0.25) is 9.36 Å². The first-order valence-electron chi connectivity index (χ1n) is 11.2. The Balaban J connectivity index is 1.82. The summed E-state index contributed by atoms with van der Waals surface area (Å²) in [5.74, 6) is -2.27. The molecule has 13 heteroatoms. The summed E-state index contributed by atoms with van der Waals surface area (Å²) in [6.45, 7) is 1.40. The number of aryl methyl sites for hydroxylation is 1. The summed E-state index contributed by atoms with van der Waals surface area (Å²) in [4.78, 5) is 21.4. The summed E-state index contributed by atoms with van der Waals surface area (Å²) in [6, 6.07) is 5.30. The largest absolute Gasteiger partial charge is 0.431 e. The zero-order chi connectivity index (χ0) is 26.9. The van der Waals surface area contributed by atoms with Gasteiger partial charge >= 0.3 is 6.18 Å². The lowest BCUT2D eigenvalue weighted by atomic mass is 10.1. The molecule has 194 valence electrons. The van der Waals surface area contributed by atoms with E-state index in [9.17, 15) is 35.2 Å². The second kappa shape index (κ2) is 8.47. The van der Waals surface area contributed by atoms with Crippen LogP contribution in [0.25, 0.3) is 33.8 Å². The van der Waals surface area contributed by atoms with Gasteiger partial charge in [0.2, 0.25) is 0 Å². The van der Waals surface area contributed by atoms with Gasteiger partial charge in [0.15, 0.2) is 15.7 Å². The average molecular weight is 538 g/mol. The van der Waals surface area contributed by atoms with Crippen molar-refractivity contribution in [2.45, 2.75) is 36.9 Å².